The van der Waals surface area contributed by atoms with Crippen LogP contribution in [0.5, 0.6) is 5.75 Å². The van der Waals surface area contributed by atoms with Crippen LogP contribution in [0, 0.1) is 11.8 Å². The number of hydrogen-bond acceptors (Lipinski definition) is 4. The van der Waals surface area contributed by atoms with Crippen molar-refractivity contribution >= 4 is 23.4 Å². The predicted octanol–water partition coefficient (Wildman–Crippen LogP) is 2.90. The van der Waals surface area contributed by atoms with Gasteiger partial charge >= 0.3 is 0 Å². The summed E-state index contributed by atoms with van der Waals surface area (Å²) in [5, 5.41) is 0.671. The van der Waals surface area contributed by atoms with Crippen LogP contribution in [0.15, 0.2) is 24.3 Å². The van der Waals surface area contributed by atoms with Crippen LogP contribution < -0.4 is 4.74 Å². The topological polar surface area (TPSA) is 53.1 Å². The second kappa shape index (κ2) is 9.56. The number of piperazine rings is 1. The van der Waals surface area contributed by atoms with Crippen LogP contribution in [-0.2, 0) is 9.59 Å². The molecule has 1 aliphatic carbocycles. The van der Waals surface area contributed by atoms with E-state index in [1.807, 2.05) is 34.1 Å². The Morgan fingerprint density at radius 1 is 0.933 bits per heavy atom. The normalized spacial score (nSPS) is 25.3. The highest BCUT2D eigenvalue weighted by molar-refractivity contribution is 6.30. The lowest BCUT2D eigenvalue weighted by molar-refractivity contribution is -0.140. The predicted molar refractivity (Wildman–Crippen MR) is 117 cm³/mol. The van der Waals surface area contributed by atoms with Crippen molar-refractivity contribution in [3.05, 3.63) is 29.3 Å². The molecule has 0 radical (unpaired) electrons. The lowest BCUT2D eigenvalue weighted by Crippen LogP contribution is -2.51. The summed E-state index contributed by atoms with van der Waals surface area (Å²) in [6.07, 6.45) is 4.10. The SMILES string of the molecule is CN1CCN(C(=O)C[C@H]2CN(C(=O)CC3CC3)CC[C@@H]2Oc2ccc(Cl)cc2)CC1. The van der Waals surface area contributed by atoms with Gasteiger partial charge in [-0.25, -0.2) is 0 Å². The number of ether oxygens (including phenoxy) is 1. The number of nitrogens with zero attached hydrogens (tertiary/aromatic N) is 3. The third-order valence-corrected chi connectivity index (χ3v) is 6.82. The van der Waals surface area contributed by atoms with Gasteiger partial charge < -0.3 is 19.4 Å². The average molecular weight is 434 g/mol. The van der Waals surface area contributed by atoms with Crippen LogP contribution in [-0.4, -0.2) is 78.9 Å². The molecular formula is C23H32ClN3O3. The second-order valence-corrected chi connectivity index (χ2v) is 9.47. The number of carbonyl (C=O) groups excluding carboxylic acids is 2. The number of benzene rings is 1. The standard InChI is InChI=1S/C23H32ClN3O3/c1-25-10-12-26(13-11-25)23(29)15-18-16-27(22(28)14-17-2-3-17)9-8-21(18)30-20-6-4-19(24)5-7-20/h4-7,17-18,21H,2-3,8-16H2,1H3/t18-,21-/m0/s1. The summed E-state index contributed by atoms with van der Waals surface area (Å²) >= 11 is 6.00. The third kappa shape index (κ3) is 5.67. The van der Waals surface area contributed by atoms with Crippen LogP contribution in [0.3, 0.4) is 0 Å². The summed E-state index contributed by atoms with van der Waals surface area (Å²) in [6, 6.07) is 7.36. The van der Waals surface area contributed by atoms with E-state index in [1.54, 1.807) is 0 Å². The van der Waals surface area contributed by atoms with Crippen LogP contribution in [0.4, 0.5) is 0 Å². The summed E-state index contributed by atoms with van der Waals surface area (Å²) in [6.45, 7) is 4.66. The maximum Gasteiger partial charge on any atom is 0.223 e. The maximum absolute atomic E-state index is 13.0. The molecule has 1 saturated carbocycles. The number of carbonyl (C=O) groups is 2. The van der Waals surface area contributed by atoms with Crippen molar-refractivity contribution in [3.8, 4) is 5.75 Å². The molecule has 6 nitrogen and oxygen atoms in total. The summed E-state index contributed by atoms with van der Waals surface area (Å²) in [5.41, 5.74) is 0. The van der Waals surface area contributed by atoms with Crippen LogP contribution in [0.25, 0.3) is 0 Å². The molecule has 30 heavy (non-hydrogen) atoms. The molecule has 2 aliphatic heterocycles. The maximum atomic E-state index is 13.0. The fraction of sp³-hybridized carbons (Fsp3) is 0.652. The molecule has 4 rings (SSSR count). The van der Waals surface area contributed by atoms with E-state index in [9.17, 15) is 9.59 Å². The third-order valence-electron chi connectivity index (χ3n) is 6.57. The number of likely N-dealkylation sites (tertiary alicyclic amines) is 1. The van der Waals surface area contributed by atoms with E-state index in [4.69, 9.17) is 16.3 Å². The molecule has 2 amide bonds. The van der Waals surface area contributed by atoms with E-state index < -0.39 is 0 Å². The number of likely N-dealkylation sites (N-methyl/N-ethyl adjacent to an activating group) is 1. The first kappa shape index (κ1) is 21.4. The smallest absolute Gasteiger partial charge is 0.223 e. The van der Waals surface area contributed by atoms with Crippen molar-refractivity contribution in [3.63, 3.8) is 0 Å². The molecule has 0 bridgehead atoms. The Bertz CT molecular complexity index is 745. The van der Waals surface area contributed by atoms with Crippen LogP contribution in [0.2, 0.25) is 5.02 Å². The minimum absolute atomic E-state index is 0.00439. The highest BCUT2D eigenvalue weighted by Crippen LogP contribution is 2.34. The molecule has 164 valence electrons. The minimum atomic E-state index is -0.0763. The molecule has 2 heterocycles. The van der Waals surface area contributed by atoms with E-state index in [-0.39, 0.29) is 23.8 Å². The molecule has 2 atom stereocenters. The summed E-state index contributed by atoms with van der Waals surface area (Å²) in [7, 11) is 2.09. The van der Waals surface area contributed by atoms with Gasteiger partial charge in [0.05, 0.1) is 0 Å². The van der Waals surface area contributed by atoms with Crippen molar-refractivity contribution < 1.29 is 14.3 Å². The molecule has 2 saturated heterocycles. The summed E-state index contributed by atoms with van der Waals surface area (Å²) in [5.74, 6) is 1.75. The molecule has 0 aromatic heterocycles. The Kier molecular flexibility index (Phi) is 6.84. The molecule has 1 aromatic rings. The van der Waals surface area contributed by atoms with Crippen molar-refractivity contribution in [2.24, 2.45) is 11.8 Å². The number of piperidine rings is 1. The zero-order valence-corrected chi connectivity index (χ0v) is 18.5. The van der Waals surface area contributed by atoms with Gasteiger partial charge in [-0.2, -0.15) is 0 Å². The molecule has 1 aromatic carbocycles. The number of hydrogen-bond donors (Lipinski definition) is 0. The lowest BCUT2D eigenvalue weighted by Gasteiger charge is -2.40. The first-order valence-electron chi connectivity index (χ1n) is 11.1. The van der Waals surface area contributed by atoms with Gasteiger partial charge in [0.15, 0.2) is 0 Å². The molecule has 0 unspecified atom stereocenters. The number of amides is 2. The van der Waals surface area contributed by atoms with Gasteiger partial charge in [0.2, 0.25) is 11.8 Å². The zero-order chi connectivity index (χ0) is 21.1. The fourth-order valence-corrected chi connectivity index (χ4v) is 4.51. The van der Waals surface area contributed by atoms with Gasteiger partial charge in [-0.05, 0) is 50.1 Å². The van der Waals surface area contributed by atoms with Gasteiger partial charge in [0, 0.05) is 69.5 Å². The van der Waals surface area contributed by atoms with E-state index in [0.717, 1.165) is 38.3 Å². The summed E-state index contributed by atoms with van der Waals surface area (Å²) < 4.78 is 6.27. The van der Waals surface area contributed by atoms with Gasteiger partial charge in [-0.1, -0.05) is 11.6 Å². The molecule has 0 spiro atoms. The first-order chi connectivity index (χ1) is 14.5. The molecule has 7 heteroatoms. The first-order valence-corrected chi connectivity index (χ1v) is 11.5. The molecular weight excluding hydrogens is 402 g/mol. The fourth-order valence-electron chi connectivity index (χ4n) is 4.38. The second-order valence-electron chi connectivity index (χ2n) is 9.03. The Morgan fingerprint density at radius 2 is 1.60 bits per heavy atom. The van der Waals surface area contributed by atoms with Gasteiger partial charge in [0.25, 0.3) is 0 Å². The number of halogens is 1. The van der Waals surface area contributed by atoms with Gasteiger partial charge in [-0.3, -0.25) is 9.59 Å². The molecule has 3 fully saturated rings. The zero-order valence-electron chi connectivity index (χ0n) is 17.8. The Morgan fingerprint density at radius 3 is 2.27 bits per heavy atom. The van der Waals surface area contributed by atoms with Crippen molar-refractivity contribution in [1.29, 1.82) is 0 Å². The van der Waals surface area contributed by atoms with Crippen LogP contribution >= 0.6 is 11.6 Å². The monoisotopic (exact) mass is 433 g/mol. The highest BCUT2D eigenvalue weighted by Gasteiger charge is 2.37. The number of rotatable bonds is 6. The lowest BCUT2D eigenvalue weighted by atomic mass is 9.90. The van der Waals surface area contributed by atoms with E-state index >= 15 is 0 Å². The Hall–Kier alpha value is -1.79. The highest BCUT2D eigenvalue weighted by atomic mass is 35.5. The summed E-state index contributed by atoms with van der Waals surface area (Å²) in [4.78, 5) is 31.9. The van der Waals surface area contributed by atoms with E-state index in [2.05, 4.69) is 11.9 Å². The van der Waals surface area contributed by atoms with E-state index in [0.29, 0.717) is 36.9 Å². The van der Waals surface area contributed by atoms with Crippen molar-refractivity contribution in [2.75, 3.05) is 46.3 Å². The van der Waals surface area contributed by atoms with Crippen LogP contribution in [0.1, 0.15) is 32.1 Å². The van der Waals surface area contributed by atoms with Crippen molar-refractivity contribution in [2.45, 2.75) is 38.2 Å². The minimum Gasteiger partial charge on any atom is -0.490 e. The van der Waals surface area contributed by atoms with Gasteiger partial charge in [0.1, 0.15) is 11.9 Å². The van der Waals surface area contributed by atoms with Gasteiger partial charge in [-0.15, -0.1) is 0 Å². The van der Waals surface area contributed by atoms with E-state index in [1.165, 1.54) is 12.8 Å². The Balaban J connectivity index is 1.41. The quantitative estimate of drug-likeness (QED) is 0.692. The average Bonchev–Trinajstić information content (AvgIpc) is 3.55. The van der Waals surface area contributed by atoms with Crippen molar-refractivity contribution in [1.82, 2.24) is 14.7 Å². The largest absolute Gasteiger partial charge is 0.490 e. The molecule has 3 aliphatic rings. The molecule has 0 N–H and O–H groups in total. The Labute approximate surface area is 184 Å².